The van der Waals surface area contributed by atoms with Gasteiger partial charge in [-0.3, -0.25) is 0 Å². The van der Waals surface area contributed by atoms with E-state index >= 15 is 0 Å². The van der Waals surface area contributed by atoms with Gasteiger partial charge in [0.05, 0.1) is 5.69 Å². The number of rotatable bonds is 2. The Balaban J connectivity index is 1.73. The molecule has 0 saturated heterocycles. The van der Waals surface area contributed by atoms with E-state index in [1.54, 1.807) is 0 Å². The zero-order valence-electron chi connectivity index (χ0n) is 15.9. The molecule has 0 bridgehead atoms. The third-order valence-corrected chi connectivity index (χ3v) is 5.54. The molecule has 3 aromatic rings. The molecule has 0 fully saturated rings. The van der Waals surface area contributed by atoms with Gasteiger partial charge in [-0.25, -0.2) is 9.97 Å². The Labute approximate surface area is 165 Å². The molecule has 4 rings (SSSR count). The van der Waals surface area contributed by atoms with E-state index in [0.717, 1.165) is 46.3 Å². The van der Waals surface area contributed by atoms with Gasteiger partial charge in [0.2, 0.25) is 0 Å². The number of aryl methyl sites for hydroxylation is 3. The van der Waals surface area contributed by atoms with E-state index in [1.165, 1.54) is 16.7 Å². The lowest BCUT2D eigenvalue weighted by molar-refractivity contribution is 0.707. The summed E-state index contributed by atoms with van der Waals surface area (Å²) in [5.41, 5.74) is 14.2. The first kappa shape index (κ1) is 17.8. The van der Waals surface area contributed by atoms with Crippen LogP contribution in [0.1, 0.15) is 27.9 Å². The molecule has 1 aliphatic rings. The molecule has 1 aromatic heterocycles. The lowest BCUT2D eigenvalue weighted by atomic mass is 10.0. The number of hydrogen-bond donors (Lipinski definition) is 1. The molecule has 1 aliphatic heterocycles. The number of halogens is 1. The number of fused-ring (bicyclic) bond motifs is 1. The van der Waals surface area contributed by atoms with Gasteiger partial charge in [0.15, 0.2) is 5.82 Å². The molecule has 27 heavy (non-hydrogen) atoms. The molecule has 0 atom stereocenters. The molecule has 138 valence electrons. The summed E-state index contributed by atoms with van der Waals surface area (Å²) in [5.74, 6) is 1.30. The Morgan fingerprint density at radius 3 is 2.48 bits per heavy atom. The van der Waals surface area contributed by atoms with E-state index in [0.29, 0.717) is 12.4 Å². The summed E-state index contributed by atoms with van der Waals surface area (Å²) in [6.07, 6.45) is 0.839. The highest BCUT2D eigenvalue weighted by Gasteiger charge is 2.23. The number of nitrogen functional groups attached to an aromatic ring is 1. The molecule has 0 unspecified atom stereocenters. The molecule has 4 nitrogen and oxygen atoms in total. The van der Waals surface area contributed by atoms with Crippen LogP contribution >= 0.6 is 11.6 Å². The quantitative estimate of drug-likeness (QED) is 0.691. The minimum Gasteiger partial charge on any atom is -0.383 e. The Morgan fingerprint density at radius 2 is 1.74 bits per heavy atom. The first-order valence-electron chi connectivity index (χ1n) is 9.17. The van der Waals surface area contributed by atoms with Crippen LogP contribution in [0.15, 0.2) is 36.4 Å². The molecule has 2 N–H and O–H groups in total. The molecular weight excluding hydrogens is 356 g/mol. The molecule has 0 saturated carbocycles. The van der Waals surface area contributed by atoms with Gasteiger partial charge in [-0.2, -0.15) is 0 Å². The standard InChI is InChI=1S/C22H23ClN4/c1-13-7-8-16(23)11-19(13)27-10-9-18-17(12-27)21(24)26-22(25-18)20-14(2)5-4-6-15(20)3/h4-8,11H,9-10,12H2,1-3H3,(H2,24,25,26). The molecule has 2 aromatic carbocycles. The van der Waals surface area contributed by atoms with Crippen LogP contribution in [0.2, 0.25) is 5.02 Å². The topological polar surface area (TPSA) is 55.0 Å². The average Bonchev–Trinajstić information content (AvgIpc) is 2.63. The molecule has 0 aliphatic carbocycles. The Hall–Kier alpha value is -2.59. The van der Waals surface area contributed by atoms with Gasteiger partial charge >= 0.3 is 0 Å². The summed E-state index contributed by atoms with van der Waals surface area (Å²) in [6, 6.07) is 12.2. The van der Waals surface area contributed by atoms with Crippen molar-refractivity contribution in [3.05, 3.63) is 69.4 Å². The van der Waals surface area contributed by atoms with Crippen molar-refractivity contribution in [3.63, 3.8) is 0 Å². The smallest absolute Gasteiger partial charge is 0.162 e. The maximum Gasteiger partial charge on any atom is 0.162 e. The summed E-state index contributed by atoms with van der Waals surface area (Å²) in [5, 5.41) is 0.746. The zero-order chi connectivity index (χ0) is 19.1. The molecule has 0 radical (unpaired) electrons. The van der Waals surface area contributed by atoms with Crippen molar-refractivity contribution in [2.24, 2.45) is 0 Å². The fourth-order valence-corrected chi connectivity index (χ4v) is 4.01. The van der Waals surface area contributed by atoms with Gasteiger partial charge in [0, 0.05) is 41.3 Å². The maximum atomic E-state index is 6.38. The minimum absolute atomic E-state index is 0.571. The largest absolute Gasteiger partial charge is 0.383 e. The molecule has 5 heteroatoms. The lowest BCUT2D eigenvalue weighted by Gasteiger charge is -2.32. The summed E-state index contributed by atoms with van der Waals surface area (Å²) < 4.78 is 0. The first-order valence-corrected chi connectivity index (χ1v) is 9.55. The summed E-state index contributed by atoms with van der Waals surface area (Å²) >= 11 is 6.21. The van der Waals surface area contributed by atoms with Crippen LogP contribution in [0.25, 0.3) is 11.4 Å². The van der Waals surface area contributed by atoms with Crippen LogP contribution in [-0.2, 0) is 13.0 Å². The highest BCUT2D eigenvalue weighted by molar-refractivity contribution is 6.30. The average molecular weight is 379 g/mol. The number of benzene rings is 2. The summed E-state index contributed by atoms with van der Waals surface area (Å²) in [6.45, 7) is 7.87. The molecule has 2 heterocycles. The second-order valence-electron chi connectivity index (χ2n) is 7.23. The number of nitrogens with zero attached hydrogens (tertiary/aromatic N) is 3. The van der Waals surface area contributed by atoms with Gasteiger partial charge < -0.3 is 10.6 Å². The van der Waals surface area contributed by atoms with Crippen molar-refractivity contribution < 1.29 is 0 Å². The third-order valence-electron chi connectivity index (χ3n) is 5.31. The van der Waals surface area contributed by atoms with Crippen LogP contribution in [0.5, 0.6) is 0 Å². The van der Waals surface area contributed by atoms with Gasteiger partial charge in [-0.15, -0.1) is 0 Å². The second kappa shape index (κ2) is 6.86. The maximum absolute atomic E-state index is 6.38. The monoisotopic (exact) mass is 378 g/mol. The Kier molecular flexibility index (Phi) is 4.52. The van der Waals surface area contributed by atoms with Crippen LogP contribution < -0.4 is 10.6 Å². The minimum atomic E-state index is 0.571. The predicted octanol–water partition coefficient (Wildman–Crippen LogP) is 4.87. The third kappa shape index (κ3) is 3.26. The van der Waals surface area contributed by atoms with Gasteiger partial charge in [0.1, 0.15) is 5.82 Å². The second-order valence-corrected chi connectivity index (χ2v) is 7.66. The number of nitrogens with two attached hydrogens (primary N) is 1. The fraction of sp³-hybridized carbons (Fsp3) is 0.273. The summed E-state index contributed by atoms with van der Waals surface area (Å²) in [4.78, 5) is 11.9. The molecule has 0 spiro atoms. The van der Waals surface area contributed by atoms with Crippen molar-refractivity contribution >= 4 is 23.1 Å². The van der Waals surface area contributed by atoms with Crippen LogP contribution in [0.4, 0.5) is 11.5 Å². The van der Waals surface area contributed by atoms with E-state index in [2.05, 4.69) is 54.9 Å². The number of hydrogen-bond acceptors (Lipinski definition) is 4. The normalized spacial score (nSPS) is 13.6. The van der Waals surface area contributed by atoms with Crippen LogP contribution in [0, 0.1) is 20.8 Å². The van der Waals surface area contributed by atoms with E-state index in [-0.39, 0.29) is 0 Å². The highest BCUT2D eigenvalue weighted by Crippen LogP contribution is 2.32. The van der Waals surface area contributed by atoms with Crippen molar-refractivity contribution in [2.45, 2.75) is 33.7 Å². The van der Waals surface area contributed by atoms with Gasteiger partial charge in [-0.05, 0) is 49.6 Å². The van der Waals surface area contributed by atoms with Gasteiger partial charge in [0.25, 0.3) is 0 Å². The molecule has 0 amide bonds. The number of aromatic nitrogens is 2. The van der Waals surface area contributed by atoms with Crippen molar-refractivity contribution in [2.75, 3.05) is 17.2 Å². The fourth-order valence-electron chi connectivity index (χ4n) is 3.85. The van der Waals surface area contributed by atoms with E-state index in [4.69, 9.17) is 22.3 Å². The van der Waals surface area contributed by atoms with Crippen molar-refractivity contribution in [3.8, 4) is 11.4 Å². The van der Waals surface area contributed by atoms with E-state index < -0.39 is 0 Å². The zero-order valence-corrected chi connectivity index (χ0v) is 16.6. The SMILES string of the molecule is Cc1ccc(Cl)cc1N1CCc2nc(-c3c(C)cccc3C)nc(N)c2C1. The molecular formula is C22H23ClN4. The highest BCUT2D eigenvalue weighted by atomic mass is 35.5. The van der Waals surface area contributed by atoms with Crippen molar-refractivity contribution in [1.29, 1.82) is 0 Å². The predicted molar refractivity (Wildman–Crippen MR) is 112 cm³/mol. The number of anilines is 2. The first-order chi connectivity index (χ1) is 12.9. The van der Waals surface area contributed by atoms with Crippen LogP contribution in [0.3, 0.4) is 0 Å². The van der Waals surface area contributed by atoms with Crippen LogP contribution in [-0.4, -0.2) is 16.5 Å². The van der Waals surface area contributed by atoms with Gasteiger partial charge in [-0.1, -0.05) is 35.9 Å². The summed E-state index contributed by atoms with van der Waals surface area (Å²) in [7, 11) is 0. The lowest BCUT2D eigenvalue weighted by Crippen LogP contribution is -2.32. The van der Waals surface area contributed by atoms with Crippen molar-refractivity contribution in [1.82, 2.24) is 9.97 Å². The van der Waals surface area contributed by atoms with E-state index in [1.807, 2.05) is 12.1 Å². The van der Waals surface area contributed by atoms with E-state index in [9.17, 15) is 0 Å². The Morgan fingerprint density at radius 1 is 1.00 bits per heavy atom. The Bertz CT molecular complexity index is 1010.